The second-order valence-corrected chi connectivity index (χ2v) is 9.49. The Labute approximate surface area is 129 Å². The van der Waals surface area contributed by atoms with Gasteiger partial charge < -0.3 is 10.1 Å². The summed E-state index contributed by atoms with van der Waals surface area (Å²) >= 11 is 4.38. The molecule has 3 aliphatic rings. The Morgan fingerprint density at radius 3 is 2.60 bits per heavy atom. The molecule has 1 aromatic carbocycles. The fourth-order valence-corrected chi connectivity index (χ4v) is 8.30. The first kappa shape index (κ1) is 13.2. The SMILES string of the molecule is COc1ccc2c(c1)NC1(C)CCC3(SCCS3)C21C. The minimum absolute atomic E-state index is 0.173. The Bertz CT molecular complexity index is 570. The summed E-state index contributed by atoms with van der Waals surface area (Å²) in [4.78, 5) is 0. The Hall–Kier alpha value is -0.480. The fourth-order valence-electron chi connectivity index (χ4n) is 4.40. The van der Waals surface area contributed by atoms with Gasteiger partial charge in [-0.3, -0.25) is 0 Å². The van der Waals surface area contributed by atoms with Gasteiger partial charge in [0.05, 0.1) is 11.2 Å². The number of thioether (sulfide) groups is 2. The quantitative estimate of drug-likeness (QED) is 0.842. The van der Waals surface area contributed by atoms with Gasteiger partial charge in [-0.05, 0) is 31.4 Å². The number of fused-ring (bicyclic) bond motifs is 4. The molecule has 1 saturated carbocycles. The van der Waals surface area contributed by atoms with Crippen LogP contribution in [0.5, 0.6) is 5.75 Å². The van der Waals surface area contributed by atoms with E-state index in [0.717, 1.165) is 5.75 Å². The van der Waals surface area contributed by atoms with Crippen molar-refractivity contribution in [3.63, 3.8) is 0 Å². The first-order chi connectivity index (χ1) is 9.55. The van der Waals surface area contributed by atoms with Gasteiger partial charge in [0.15, 0.2) is 0 Å². The zero-order valence-corrected chi connectivity index (χ0v) is 13.9. The van der Waals surface area contributed by atoms with Crippen LogP contribution < -0.4 is 10.1 Å². The van der Waals surface area contributed by atoms with E-state index in [1.54, 1.807) is 7.11 Å². The average molecular weight is 307 g/mol. The third kappa shape index (κ3) is 1.35. The minimum Gasteiger partial charge on any atom is -0.497 e. The second-order valence-electron chi connectivity index (χ2n) is 6.44. The Morgan fingerprint density at radius 1 is 1.15 bits per heavy atom. The number of nitrogens with one attached hydrogen (secondary N) is 1. The molecule has 2 fully saturated rings. The first-order valence-electron chi connectivity index (χ1n) is 7.29. The molecule has 2 unspecified atom stereocenters. The second kappa shape index (κ2) is 4.04. The molecular weight excluding hydrogens is 286 g/mol. The molecule has 0 aromatic heterocycles. The predicted molar refractivity (Wildman–Crippen MR) is 89.3 cm³/mol. The molecule has 4 heteroatoms. The van der Waals surface area contributed by atoms with Gasteiger partial charge in [0.25, 0.3) is 0 Å². The molecule has 0 radical (unpaired) electrons. The standard InChI is InChI=1S/C16H21NOS2/c1-14-6-7-16(19-8-9-20-16)15(14,2)12-5-4-11(18-3)10-13(12)17-14/h4-5,10,17H,6-9H2,1-3H3. The summed E-state index contributed by atoms with van der Waals surface area (Å²) in [5, 5.41) is 3.83. The van der Waals surface area contributed by atoms with Crippen LogP contribution >= 0.6 is 23.5 Å². The van der Waals surface area contributed by atoms with Crippen molar-refractivity contribution in [3.05, 3.63) is 23.8 Å². The van der Waals surface area contributed by atoms with Crippen LogP contribution in [0, 0.1) is 0 Å². The molecule has 2 atom stereocenters. The van der Waals surface area contributed by atoms with Crippen LogP contribution in [0.4, 0.5) is 5.69 Å². The van der Waals surface area contributed by atoms with Gasteiger partial charge in [-0.15, -0.1) is 23.5 Å². The van der Waals surface area contributed by atoms with E-state index in [2.05, 4.69) is 60.9 Å². The maximum atomic E-state index is 5.39. The van der Waals surface area contributed by atoms with E-state index in [4.69, 9.17) is 4.74 Å². The molecule has 1 aromatic rings. The van der Waals surface area contributed by atoms with Crippen molar-refractivity contribution in [2.24, 2.45) is 0 Å². The van der Waals surface area contributed by atoms with Crippen molar-refractivity contribution in [2.75, 3.05) is 23.9 Å². The van der Waals surface area contributed by atoms with Gasteiger partial charge in [-0.2, -0.15) is 0 Å². The number of benzene rings is 1. The number of hydrogen-bond donors (Lipinski definition) is 1. The molecule has 108 valence electrons. The summed E-state index contributed by atoms with van der Waals surface area (Å²) in [6, 6.07) is 6.58. The van der Waals surface area contributed by atoms with E-state index in [9.17, 15) is 0 Å². The molecular formula is C16H21NOS2. The highest BCUT2D eigenvalue weighted by Gasteiger charge is 2.68. The smallest absolute Gasteiger partial charge is 0.120 e. The lowest BCUT2D eigenvalue weighted by atomic mass is 9.72. The Balaban J connectivity index is 1.90. The first-order valence-corrected chi connectivity index (χ1v) is 9.26. The molecule has 1 spiro atoms. The molecule has 2 aliphatic heterocycles. The predicted octanol–water partition coefficient (Wildman–Crippen LogP) is 4.11. The van der Waals surface area contributed by atoms with Gasteiger partial charge in [-0.1, -0.05) is 13.0 Å². The monoisotopic (exact) mass is 307 g/mol. The van der Waals surface area contributed by atoms with Crippen LogP contribution in [0.15, 0.2) is 18.2 Å². The molecule has 1 saturated heterocycles. The summed E-state index contributed by atoms with van der Waals surface area (Å²) in [6.07, 6.45) is 2.56. The van der Waals surface area contributed by atoms with Crippen molar-refractivity contribution in [1.29, 1.82) is 0 Å². The maximum absolute atomic E-state index is 5.39. The number of rotatable bonds is 1. The van der Waals surface area contributed by atoms with Crippen LogP contribution in [0.2, 0.25) is 0 Å². The van der Waals surface area contributed by atoms with E-state index < -0.39 is 0 Å². The van der Waals surface area contributed by atoms with Crippen LogP contribution in [0.3, 0.4) is 0 Å². The number of anilines is 1. The van der Waals surface area contributed by atoms with Crippen molar-refractivity contribution >= 4 is 29.2 Å². The molecule has 20 heavy (non-hydrogen) atoms. The van der Waals surface area contributed by atoms with Gasteiger partial charge in [-0.25, -0.2) is 0 Å². The summed E-state index contributed by atoms with van der Waals surface area (Å²) < 4.78 is 5.75. The highest BCUT2D eigenvalue weighted by molar-refractivity contribution is 8.21. The highest BCUT2D eigenvalue weighted by Crippen LogP contribution is 2.71. The topological polar surface area (TPSA) is 21.3 Å². The molecule has 1 N–H and O–H groups in total. The van der Waals surface area contributed by atoms with Crippen LogP contribution in [0.25, 0.3) is 0 Å². The summed E-state index contributed by atoms with van der Waals surface area (Å²) in [5.74, 6) is 3.54. The van der Waals surface area contributed by atoms with Gasteiger partial charge in [0.1, 0.15) is 5.75 Å². The Morgan fingerprint density at radius 2 is 1.90 bits per heavy atom. The van der Waals surface area contributed by atoms with Gasteiger partial charge in [0.2, 0.25) is 0 Å². The summed E-state index contributed by atoms with van der Waals surface area (Å²) in [5.41, 5.74) is 3.14. The fraction of sp³-hybridized carbons (Fsp3) is 0.625. The normalized spacial score (nSPS) is 36.8. The van der Waals surface area contributed by atoms with Crippen LogP contribution in [-0.2, 0) is 5.41 Å². The number of methoxy groups -OCH3 is 1. The zero-order valence-electron chi connectivity index (χ0n) is 12.3. The van der Waals surface area contributed by atoms with Crippen molar-refractivity contribution in [1.82, 2.24) is 0 Å². The minimum atomic E-state index is 0.173. The zero-order chi connectivity index (χ0) is 14.0. The summed E-state index contributed by atoms with van der Waals surface area (Å²) in [7, 11) is 1.74. The summed E-state index contributed by atoms with van der Waals surface area (Å²) in [6.45, 7) is 4.89. The third-order valence-electron chi connectivity index (χ3n) is 5.75. The number of hydrogen-bond acceptors (Lipinski definition) is 4. The largest absolute Gasteiger partial charge is 0.497 e. The lowest BCUT2D eigenvalue weighted by Gasteiger charge is -2.44. The van der Waals surface area contributed by atoms with E-state index in [-0.39, 0.29) is 11.0 Å². The molecule has 0 bridgehead atoms. The van der Waals surface area contributed by atoms with Crippen LogP contribution in [0.1, 0.15) is 32.3 Å². The molecule has 2 nitrogen and oxygen atoms in total. The maximum Gasteiger partial charge on any atom is 0.120 e. The van der Waals surface area contributed by atoms with E-state index in [1.165, 1.54) is 35.6 Å². The molecule has 4 rings (SSSR count). The van der Waals surface area contributed by atoms with Crippen molar-refractivity contribution in [3.8, 4) is 5.75 Å². The highest BCUT2D eigenvalue weighted by atomic mass is 32.2. The molecule has 1 aliphatic carbocycles. The average Bonchev–Trinajstić information content (AvgIpc) is 3.06. The lowest BCUT2D eigenvalue weighted by Crippen LogP contribution is -2.51. The van der Waals surface area contributed by atoms with Crippen molar-refractivity contribution < 1.29 is 4.74 Å². The van der Waals surface area contributed by atoms with Crippen molar-refractivity contribution in [2.45, 2.75) is 41.7 Å². The lowest BCUT2D eigenvalue weighted by molar-refractivity contribution is 0.354. The molecule has 2 heterocycles. The van der Waals surface area contributed by atoms with E-state index >= 15 is 0 Å². The Kier molecular flexibility index (Phi) is 2.67. The van der Waals surface area contributed by atoms with E-state index in [1.807, 2.05) is 0 Å². The van der Waals surface area contributed by atoms with Crippen LogP contribution in [-0.4, -0.2) is 28.2 Å². The van der Waals surface area contributed by atoms with Gasteiger partial charge >= 0.3 is 0 Å². The van der Waals surface area contributed by atoms with Gasteiger partial charge in [0, 0.05) is 34.2 Å². The third-order valence-corrected chi connectivity index (χ3v) is 9.69. The van der Waals surface area contributed by atoms with E-state index in [0.29, 0.717) is 4.08 Å². The number of ether oxygens (including phenoxy) is 1. The molecule has 0 amide bonds.